The number of thiazole rings is 1. The Kier molecular flexibility index (Phi) is 8.75. The fourth-order valence-electron chi connectivity index (χ4n) is 2.26. The van der Waals surface area contributed by atoms with Gasteiger partial charge in [0.1, 0.15) is 11.5 Å². The summed E-state index contributed by atoms with van der Waals surface area (Å²) in [5.74, 6) is 2.51. The molecule has 0 aliphatic carbocycles. The van der Waals surface area contributed by atoms with Crippen LogP contribution >= 0.6 is 11.3 Å². The number of aliphatic imine (C=N–C) groups is 1. The van der Waals surface area contributed by atoms with Crippen molar-refractivity contribution in [1.82, 2.24) is 15.6 Å². The van der Waals surface area contributed by atoms with Gasteiger partial charge in [-0.1, -0.05) is 0 Å². The normalized spacial score (nSPS) is 11.3. The number of hydrogen-bond acceptors (Lipinski definition) is 5. The van der Waals surface area contributed by atoms with E-state index in [2.05, 4.69) is 34.5 Å². The maximum Gasteiger partial charge on any atom is 0.191 e. The lowest BCUT2D eigenvalue weighted by Gasteiger charge is -2.11. The molecule has 0 aliphatic heterocycles. The topological polar surface area (TPSA) is 67.8 Å². The maximum absolute atomic E-state index is 5.72. The minimum absolute atomic E-state index is 0.633. The van der Waals surface area contributed by atoms with Gasteiger partial charge < -0.3 is 20.1 Å². The van der Waals surface area contributed by atoms with E-state index in [9.17, 15) is 0 Å². The van der Waals surface area contributed by atoms with Crippen LogP contribution in [0.25, 0.3) is 0 Å². The third-order valence-electron chi connectivity index (χ3n) is 3.55. The summed E-state index contributed by atoms with van der Waals surface area (Å²) in [5, 5.41) is 7.76. The van der Waals surface area contributed by atoms with Gasteiger partial charge in [-0.3, -0.25) is 4.99 Å². The molecule has 1 aromatic carbocycles. The molecule has 26 heavy (non-hydrogen) atoms. The number of aromatic nitrogens is 1. The second kappa shape index (κ2) is 11.4. The standard InChI is InChI=1S/C19H28N4O2S/c1-4-20-19(22-12-10-18-23-14-15(2)26-18)21-11-5-13-25-17-8-6-16(24-3)7-9-17/h6-9,14H,4-5,10-13H2,1-3H3,(H2,20,21,22). The van der Waals surface area contributed by atoms with E-state index < -0.39 is 0 Å². The molecular weight excluding hydrogens is 348 g/mol. The van der Waals surface area contributed by atoms with Crippen molar-refractivity contribution in [3.05, 3.63) is 40.3 Å². The second-order valence-electron chi connectivity index (χ2n) is 5.68. The zero-order valence-electron chi connectivity index (χ0n) is 15.7. The lowest BCUT2D eigenvalue weighted by Crippen LogP contribution is -2.38. The molecule has 0 fully saturated rings. The molecular formula is C19H28N4O2S. The smallest absolute Gasteiger partial charge is 0.191 e. The summed E-state index contributed by atoms with van der Waals surface area (Å²) < 4.78 is 10.8. The molecule has 7 heteroatoms. The summed E-state index contributed by atoms with van der Waals surface area (Å²) in [6.07, 6.45) is 3.68. The molecule has 0 amide bonds. The Morgan fingerprint density at radius 1 is 1.19 bits per heavy atom. The molecule has 2 aromatic rings. The van der Waals surface area contributed by atoms with Crippen LogP contribution in [0.5, 0.6) is 11.5 Å². The first-order valence-corrected chi connectivity index (χ1v) is 9.73. The highest BCUT2D eigenvalue weighted by Crippen LogP contribution is 2.17. The third kappa shape index (κ3) is 7.31. The van der Waals surface area contributed by atoms with Crippen molar-refractivity contribution >= 4 is 17.3 Å². The molecule has 1 aromatic heterocycles. The van der Waals surface area contributed by atoms with Gasteiger partial charge in [-0.2, -0.15) is 0 Å². The van der Waals surface area contributed by atoms with Crippen molar-refractivity contribution < 1.29 is 9.47 Å². The van der Waals surface area contributed by atoms with Crippen molar-refractivity contribution in [2.45, 2.75) is 26.7 Å². The van der Waals surface area contributed by atoms with Crippen molar-refractivity contribution in [1.29, 1.82) is 0 Å². The number of methoxy groups -OCH3 is 1. The molecule has 0 spiro atoms. The minimum atomic E-state index is 0.633. The Labute approximate surface area is 159 Å². The van der Waals surface area contributed by atoms with E-state index in [4.69, 9.17) is 9.47 Å². The molecule has 0 saturated heterocycles. The van der Waals surface area contributed by atoms with Gasteiger partial charge >= 0.3 is 0 Å². The lowest BCUT2D eigenvalue weighted by atomic mass is 10.3. The summed E-state index contributed by atoms with van der Waals surface area (Å²) in [6.45, 7) is 7.14. The SMILES string of the molecule is CCNC(=NCCCOc1ccc(OC)cc1)NCCc1ncc(C)s1. The van der Waals surface area contributed by atoms with E-state index in [1.54, 1.807) is 18.4 Å². The van der Waals surface area contributed by atoms with Crippen LogP contribution in [0.1, 0.15) is 23.2 Å². The van der Waals surface area contributed by atoms with Crippen molar-refractivity contribution in [3.63, 3.8) is 0 Å². The maximum atomic E-state index is 5.72. The number of guanidine groups is 1. The molecule has 0 aliphatic rings. The molecule has 2 N–H and O–H groups in total. The first-order chi connectivity index (χ1) is 12.7. The number of rotatable bonds is 10. The molecule has 6 nitrogen and oxygen atoms in total. The van der Waals surface area contributed by atoms with Gasteiger partial charge in [0.15, 0.2) is 5.96 Å². The average Bonchev–Trinajstić information content (AvgIpc) is 3.07. The van der Waals surface area contributed by atoms with Gasteiger partial charge in [-0.15, -0.1) is 11.3 Å². The Balaban J connectivity index is 1.66. The predicted octanol–water partition coefficient (Wildman–Crippen LogP) is 3.03. The van der Waals surface area contributed by atoms with E-state index in [1.165, 1.54) is 4.88 Å². The Bertz CT molecular complexity index is 670. The fourth-order valence-corrected chi connectivity index (χ4v) is 3.05. The first-order valence-electron chi connectivity index (χ1n) is 8.91. The van der Waals surface area contributed by atoms with Crippen LogP contribution in [0.2, 0.25) is 0 Å². The van der Waals surface area contributed by atoms with Crippen LogP contribution in [0.3, 0.4) is 0 Å². The third-order valence-corrected chi connectivity index (χ3v) is 4.52. The summed E-state index contributed by atoms with van der Waals surface area (Å²) >= 11 is 1.74. The predicted molar refractivity (Wildman–Crippen MR) is 108 cm³/mol. The van der Waals surface area contributed by atoms with Crippen LogP contribution < -0.4 is 20.1 Å². The van der Waals surface area contributed by atoms with Crippen molar-refractivity contribution in [2.75, 3.05) is 33.4 Å². The number of ether oxygens (including phenoxy) is 2. The molecule has 0 bridgehead atoms. The van der Waals surface area contributed by atoms with E-state index >= 15 is 0 Å². The largest absolute Gasteiger partial charge is 0.497 e. The van der Waals surface area contributed by atoms with Gasteiger partial charge in [0.2, 0.25) is 0 Å². The summed E-state index contributed by atoms with van der Waals surface area (Å²) in [7, 11) is 1.65. The van der Waals surface area contributed by atoms with E-state index in [1.807, 2.05) is 30.5 Å². The van der Waals surface area contributed by atoms with E-state index in [-0.39, 0.29) is 0 Å². The Morgan fingerprint density at radius 3 is 2.62 bits per heavy atom. The average molecular weight is 377 g/mol. The molecule has 2 rings (SSSR count). The van der Waals surface area contributed by atoms with Crippen molar-refractivity contribution in [3.8, 4) is 11.5 Å². The lowest BCUT2D eigenvalue weighted by molar-refractivity contribution is 0.312. The summed E-state index contributed by atoms with van der Waals surface area (Å²) in [6, 6.07) is 7.61. The van der Waals surface area contributed by atoms with Crippen LogP contribution in [-0.4, -0.2) is 44.3 Å². The quantitative estimate of drug-likeness (QED) is 0.379. The van der Waals surface area contributed by atoms with Crippen LogP contribution in [0, 0.1) is 6.92 Å². The second-order valence-corrected chi connectivity index (χ2v) is 7.00. The summed E-state index contributed by atoms with van der Waals surface area (Å²) in [5.41, 5.74) is 0. The van der Waals surface area contributed by atoms with Gasteiger partial charge in [0.25, 0.3) is 0 Å². The van der Waals surface area contributed by atoms with Crippen LogP contribution in [-0.2, 0) is 6.42 Å². The Morgan fingerprint density at radius 2 is 1.96 bits per heavy atom. The van der Waals surface area contributed by atoms with E-state index in [0.29, 0.717) is 13.2 Å². The van der Waals surface area contributed by atoms with Gasteiger partial charge in [-0.05, 0) is 38.1 Å². The van der Waals surface area contributed by atoms with Crippen LogP contribution in [0.4, 0.5) is 0 Å². The highest BCUT2D eigenvalue weighted by Gasteiger charge is 2.01. The van der Waals surface area contributed by atoms with Crippen molar-refractivity contribution in [2.24, 2.45) is 4.99 Å². The minimum Gasteiger partial charge on any atom is -0.497 e. The first kappa shape index (κ1) is 20.0. The highest BCUT2D eigenvalue weighted by molar-refractivity contribution is 7.11. The Hall–Kier alpha value is -2.28. The number of aryl methyl sites for hydroxylation is 1. The van der Waals surface area contributed by atoms with Gasteiger partial charge in [0, 0.05) is 43.5 Å². The fraction of sp³-hybridized carbons (Fsp3) is 0.474. The number of nitrogens with one attached hydrogen (secondary N) is 2. The molecule has 0 radical (unpaired) electrons. The summed E-state index contributed by atoms with van der Waals surface area (Å²) in [4.78, 5) is 10.2. The van der Waals surface area contributed by atoms with Crippen LogP contribution in [0.15, 0.2) is 35.5 Å². The van der Waals surface area contributed by atoms with Gasteiger partial charge in [-0.25, -0.2) is 4.98 Å². The molecule has 142 valence electrons. The molecule has 0 unspecified atom stereocenters. The molecule has 1 heterocycles. The molecule has 0 atom stereocenters. The molecule has 0 saturated carbocycles. The zero-order chi connectivity index (χ0) is 18.6. The highest BCUT2D eigenvalue weighted by atomic mass is 32.1. The number of hydrogen-bond donors (Lipinski definition) is 2. The zero-order valence-corrected chi connectivity index (χ0v) is 16.6. The monoisotopic (exact) mass is 376 g/mol. The van der Waals surface area contributed by atoms with Gasteiger partial charge in [0.05, 0.1) is 18.7 Å². The number of benzene rings is 1. The van der Waals surface area contributed by atoms with E-state index in [0.717, 1.165) is 48.4 Å². The number of nitrogens with zero attached hydrogens (tertiary/aromatic N) is 2.